The Balaban J connectivity index is 2.86. The van der Waals surface area contributed by atoms with Gasteiger partial charge >= 0.3 is 0 Å². The van der Waals surface area contributed by atoms with Gasteiger partial charge in [-0.15, -0.1) is 0 Å². The van der Waals surface area contributed by atoms with Crippen LogP contribution in [-0.2, 0) is 0 Å². The SMILES string of the molecule is CC(C)c1ccc(P(Cl)Cl)cc1. The summed E-state index contributed by atoms with van der Waals surface area (Å²) in [4.78, 5) is 0. The van der Waals surface area contributed by atoms with Gasteiger partial charge in [-0.25, -0.2) is 0 Å². The molecule has 0 amide bonds. The van der Waals surface area contributed by atoms with E-state index in [1.807, 2.05) is 12.1 Å². The minimum atomic E-state index is -0.983. The number of rotatable bonds is 2. The van der Waals surface area contributed by atoms with Gasteiger partial charge in [0.15, 0.2) is 0 Å². The van der Waals surface area contributed by atoms with E-state index in [0.717, 1.165) is 5.30 Å². The molecule has 0 unspecified atom stereocenters. The highest BCUT2D eigenvalue weighted by Gasteiger charge is 2.03. The van der Waals surface area contributed by atoms with Crippen molar-refractivity contribution in [1.82, 2.24) is 0 Å². The Labute approximate surface area is 84.2 Å². The number of halogens is 2. The molecule has 66 valence electrons. The molecule has 0 saturated heterocycles. The van der Waals surface area contributed by atoms with E-state index >= 15 is 0 Å². The number of hydrogen-bond acceptors (Lipinski definition) is 0. The van der Waals surface area contributed by atoms with Crippen molar-refractivity contribution < 1.29 is 0 Å². The maximum atomic E-state index is 5.77. The van der Waals surface area contributed by atoms with Gasteiger partial charge in [0.25, 0.3) is 0 Å². The average molecular weight is 221 g/mol. The zero-order valence-electron chi connectivity index (χ0n) is 7.09. The Bertz CT molecular complexity index is 214. The van der Waals surface area contributed by atoms with E-state index in [2.05, 4.69) is 26.0 Å². The van der Waals surface area contributed by atoms with Crippen LogP contribution in [0.25, 0.3) is 0 Å². The van der Waals surface area contributed by atoms with Gasteiger partial charge in [-0.3, -0.25) is 0 Å². The van der Waals surface area contributed by atoms with Crippen molar-refractivity contribution in [3.05, 3.63) is 29.8 Å². The van der Waals surface area contributed by atoms with Crippen molar-refractivity contribution in [2.45, 2.75) is 19.8 Å². The van der Waals surface area contributed by atoms with Crippen LogP contribution in [0.2, 0.25) is 0 Å². The zero-order valence-corrected chi connectivity index (χ0v) is 9.50. The lowest BCUT2D eigenvalue weighted by Gasteiger charge is -2.06. The molecular weight excluding hydrogens is 210 g/mol. The second kappa shape index (κ2) is 4.46. The molecule has 0 aromatic heterocycles. The molecule has 0 bridgehead atoms. The lowest BCUT2D eigenvalue weighted by molar-refractivity contribution is 0.867. The fourth-order valence-corrected chi connectivity index (χ4v) is 2.02. The first-order valence-electron chi connectivity index (χ1n) is 3.83. The van der Waals surface area contributed by atoms with Gasteiger partial charge in [-0.05, 0) is 11.5 Å². The van der Waals surface area contributed by atoms with Crippen molar-refractivity contribution in [1.29, 1.82) is 0 Å². The maximum Gasteiger partial charge on any atom is 0.116 e. The molecule has 1 aromatic rings. The first kappa shape index (κ1) is 10.3. The molecule has 12 heavy (non-hydrogen) atoms. The highest BCUT2D eigenvalue weighted by atomic mass is 35.9. The first-order valence-corrected chi connectivity index (χ1v) is 6.98. The Morgan fingerprint density at radius 2 is 1.58 bits per heavy atom. The molecule has 0 N–H and O–H groups in total. The quantitative estimate of drug-likeness (QED) is 0.655. The van der Waals surface area contributed by atoms with E-state index in [9.17, 15) is 0 Å². The molecule has 0 spiro atoms. The third kappa shape index (κ3) is 2.62. The third-order valence-corrected chi connectivity index (χ3v) is 3.61. The second-order valence-electron chi connectivity index (χ2n) is 2.98. The summed E-state index contributed by atoms with van der Waals surface area (Å²) in [6.45, 7) is 3.35. The predicted molar refractivity (Wildman–Crippen MR) is 58.8 cm³/mol. The van der Waals surface area contributed by atoms with Gasteiger partial charge in [0, 0.05) is 5.30 Å². The van der Waals surface area contributed by atoms with Crippen LogP contribution >= 0.6 is 29.1 Å². The van der Waals surface area contributed by atoms with Crippen molar-refractivity contribution in [2.75, 3.05) is 0 Å². The lowest BCUT2D eigenvalue weighted by atomic mass is 10.0. The molecule has 1 rings (SSSR count). The van der Waals surface area contributed by atoms with Gasteiger partial charge in [-0.1, -0.05) is 60.6 Å². The second-order valence-corrected chi connectivity index (χ2v) is 6.51. The molecule has 0 aliphatic carbocycles. The summed E-state index contributed by atoms with van der Waals surface area (Å²) in [5.74, 6) is 0.566. The molecule has 0 aliphatic heterocycles. The maximum absolute atomic E-state index is 5.77. The average Bonchev–Trinajstić information content (AvgIpc) is 2.04. The van der Waals surface area contributed by atoms with Gasteiger partial charge in [0.2, 0.25) is 0 Å². The van der Waals surface area contributed by atoms with Crippen LogP contribution in [0.5, 0.6) is 0 Å². The van der Waals surface area contributed by atoms with Crippen LogP contribution in [0.15, 0.2) is 24.3 Å². The summed E-state index contributed by atoms with van der Waals surface area (Å²) >= 11 is 11.5. The predicted octanol–water partition coefficient (Wildman–Crippen LogP) is 4.22. The minimum absolute atomic E-state index is 0.566. The smallest absolute Gasteiger partial charge is 0.0727 e. The summed E-state index contributed by atoms with van der Waals surface area (Å²) in [5, 5.41) is 1.03. The molecule has 0 fully saturated rings. The normalized spacial score (nSPS) is 11.2. The summed E-state index contributed by atoms with van der Waals surface area (Å²) in [6.07, 6.45) is 0. The Hall–Kier alpha value is 0.230. The summed E-state index contributed by atoms with van der Waals surface area (Å²) in [7, 11) is 0. The van der Waals surface area contributed by atoms with Gasteiger partial charge < -0.3 is 0 Å². The van der Waals surface area contributed by atoms with E-state index in [1.54, 1.807) is 0 Å². The van der Waals surface area contributed by atoms with E-state index in [0.29, 0.717) is 5.92 Å². The Morgan fingerprint density at radius 3 is 1.92 bits per heavy atom. The topological polar surface area (TPSA) is 0 Å². The van der Waals surface area contributed by atoms with Crippen molar-refractivity contribution >= 4 is 34.4 Å². The Kier molecular flexibility index (Phi) is 3.83. The van der Waals surface area contributed by atoms with Crippen LogP contribution < -0.4 is 5.30 Å². The first-order chi connectivity index (χ1) is 5.61. The van der Waals surface area contributed by atoms with E-state index in [1.165, 1.54) is 5.56 Å². The van der Waals surface area contributed by atoms with Gasteiger partial charge in [0.05, 0.1) is 0 Å². The van der Waals surface area contributed by atoms with Gasteiger partial charge in [-0.2, -0.15) is 0 Å². The van der Waals surface area contributed by atoms with Crippen LogP contribution in [0.1, 0.15) is 25.3 Å². The summed E-state index contributed by atoms with van der Waals surface area (Å²) in [5.41, 5.74) is 1.32. The molecule has 3 heteroatoms. The third-order valence-electron chi connectivity index (χ3n) is 1.75. The molecule has 0 saturated carbocycles. The molecule has 0 radical (unpaired) electrons. The van der Waals surface area contributed by atoms with Gasteiger partial charge in [0.1, 0.15) is 6.63 Å². The Morgan fingerprint density at radius 1 is 1.08 bits per heavy atom. The van der Waals surface area contributed by atoms with Crippen LogP contribution in [0, 0.1) is 0 Å². The standard InChI is InChI=1S/C9H11Cl2P/c1-7(2)8-3-5-9(6-4-8)12(10)11/h3-7H,1-2H3. The van der Waals surface area contributed by atoms with Crippen LogP contribution in [0.3, 0.4) is 0 Å². The van der Waals surface area contributed by atoms with Crippen molar-refractivity contribution in [2.24, 2.45) is 0 Å². The van der Waals surface area contributed by atoms with E-state index in [4.69, 9.17) is 22.5 Å². The van der Waals surface area contributed by atoms with Crippen LogP contribution in [-0.4, -0.2) is 0 Å². The summed E-state index contributed by atoms with van der Waals surface area (Å²) < 4.78 is 0. The highest BCUT2D eigenvalue weighted by molar-refractivity contribution is 8.08. The monoisotopic (exact) mass is 220 g/mol. The molecule has 0 atom stereocenters. The largest absolute Gasteiger partial charge is 0.116 e. The lowest BCUT2D eigenvalue weighted by Crippen LogP contribution is -1.95. The fourth-order valence-electron chi connectivity index (χ4n) is 0.972. The molecule has 0 nitrogen and oxygen atoms in total. The van der Waals surface area contributed by atoms with Crippen LogP contribution in [0.4, 0.5) is 0 Å². The number of hydrogen-bond donors (Lipinski definition) is 0. The molecule has 1 aromatic carbocycles. The fraction of sp³-hybridized carbons (Fsp3) is 0.333. The molecular formula is C9H11Cl2P. The molecule has 0 aliphatic rings. The summed E-state index contributed by atoms with van der Waals surface area (Å²) in [6, 6.07) is 8.17. The van der Waals surface area contributed by atoms with Crippen molar-refractivity contribution in [3.8, 4) is 0 Å². The van der Waals surface area contributed by atoms with Crippen molar-refractivity contribution in [3.63, 3.8) is 0 Å². The minimum Gasteiger partial charge on any atom is -0.0727 e. The highest BCUT2D eigenvalue weighted by Crippen LogP contribution is 2.45. The molecule has 0 heterocycles. The number of benzene rings is 1. The van der Waals surface area contributed by atoms with E-state index in [-0.39, 0.29) is 0 Å². The zero-order chi connectivity index (χ0) is 9.14. The van der Waals surface area contributed by atoms with E-state index < -0.39 is 6.63 Å².